The molecule has 5 heteroatoms. The second-order valence-electron chi connectivity index (χ2n) is 6.50. The van der Waals surface area contributed by atoms with E-state index in [1.54, 1.807) is 38.1 Å². The average Bonchev–Trinajstić information content (AvgIpc) is 2.37. The molecule has 0 spiro atoms. The van der Waals surface area contributed by atoms with Crippen molar-refractivity contribution in [3.05, 3.63) is 29.8 Å². The first-order valence-electron chi connectivity index (χ1n) is 7.16. The van der Waals surface area contributed by atoms with Gasteiger partial charge in [-0.05, 0) is 57.7 Å². The standard InChI is InChI=1S/C16H22N2O3/c1-15(2,13(19)20)11-5-7-12(8-6-11)17-14(21)18-16(3)9-4-10-16/h5-8H,4,9-10H2,1-3H3,(H,19,20)(H2,17,18,21). The number of urea groups is 1. The zero-order valence-electron chi connectivity index (χ0n) is 12.7. The first-order valence-corrected chi connectivity index (χ1v) is 7.16. The van der Waals surface area contributed by atoms with Crippen LogP contribution in [-0.4, -0.2) is 22.6 Å². The van der Waals surface area contributed by atoms with Gasteiger partial charge in [-0.15, -0.1) is 0 Å². The van der Waals surface area contributed by atoms with E-state index in [-0.39, 0.29) is 11.6 Å². The van der Waals surface area contributed by atoms with Gasteiger partial charge in [-0.1, -0.05) is 12.1 Å². The van der Waals surface area contributed by atoms with Gasteiger partial charge in [0.1, 0.15) is 0 Å². The summed E-state index contributed by atoms with van der Waals surface area (Å²) >= 11 is 0. The molecule has 1 saturated carbocycles. The summed E-state index contributed by atoms with van der Waals surface area (Å²) in [4.78, 5) is 23.1. The molecule has 2 rings (SSSR count). The van der Waals surface area contributed by atoms with E-state index in [0.717, 1.165) is 19.3 Å². The summed E-state index contributed by atoms with van der Waals surface area (Å²) in [7, 11) is 0. The fourth-order valence-electron chi connectivity index (χ4n) is 2.36. The van der Waals surface area contributed by atoms with Gasteiger partial charge in [0.2, 0.25) is 0 Å². The number of anilines is 1. The Morgan fingerprint density at radius 1 is 1.19 bits per heavy atom. The summed E-state index contributed by atoms with van der Waals surface area (Å²) in [5.74, 6) is -0.876. The summed E-state index contributed by atoms with van der Waals surface area (Å²) < 4.78 is 0. The highest BCUT2D eigenvalue weighted by Gasteiger charge is 2.33. The van der Waals surface area contributed by atoms with Gasteiger partial charge in [0.05, 0.1) is 5.41 Å². The van der Waals surface area contributed by atoms with Crippen LogP contribution in [0.1, 0.15) is 45.6 Å². The number of carboxylic acids is 1. The van der Waals surface area contributed by atoms with E-state index in [4.69, 9.17) is 0 Å². The quantitative estimate of drug-likeness (QED) is 0.797. The van der Waals surface area contributed by atoms with Crippen molar-refractivity contribution in [1.29, 1.82) is 0 Å². The lowest BCUT2D eigenvalue weighted by molar-refractivity contribution is -0.142. The lowest BCUT2D eigenvalue weighted by atomic mass is 9.79. The third-order valence-electron chi connectivity index (χ3n) is 4.27. The van der Waals surface area contributed by atoms with Crippen molar-refractivity contribution in [1.82, 2.24) is 5.32 Å². The lowest BCUT2D eigenvalue weighted by Gasteiger charge is -2.39. The van der Waals surface area contributed by atoms with Crippen molar-refractivity contribution >= 4 is 17.7 Å². The SMILES string of the molecule is CC1(NC(=O)Nc2ccc(C(C)(C)C(=O)O)cc2)CCC1. The van der Waals surface area contributed by atoms with Crippen LogP contribution < -0.4 is 10.6 Å². The first kappa shape index (κ1) is 15.4. The molecule has 0 radical (unpaired) electrons. The van der Waals surface area contributed by atoms with Crippen LogP contribution in [-0.2, 0) is 10.2 Å². The number of nitrogens with one attached hydrogen (secondary N) is 2. The lowest BCUT2D eigenvalue weighted by Crippen LogP contribution is -2.52. The van der Waals surface area contributed by atoms with E-state index < -0.39 is 11.4 Å². The van der Waals surface area contributed by atoms with Gasteiger partial charge in [0.15, 0.2) is 0 Å². The molecule has 21 heavy (non-hydrogen) atoms. The Bertz CT molecular complexity index is 545. The normalized spacial score (nSPS) is 16.7. The molecule has 0 aromatic heterocycles. The number of hydrogen-bond donors (Lipinski definition) is 3. The van der Waals surface area contributed by atoms with Gasteiger partial charge in [0.25, 0.3) is 0 Å². The molecular weight excluding hydrogens is 268 g/mol. The molecule has 5 nitrogen and oxygen atoms in total. The van der Waals surface area contributed by atoms with Crippen molar-refractivity contribution in [2.75, 3.05) is 5.32 Å². The first-order chi connectivity index (χ1) is 9.73. The average molecular weight is 290 g/mol. The fraction of sp³-hybridized carbons (Fsp3) is 0.500. The Hall–Kier alpha value is -2.04. The third kappa shape index (κ3) is 3.35. The van der Waals surface area contributed by atoms with E-state index >= 15 is 0 Å². The van der Waals surface area contributed by atoms with E-state index in [9.17, 15) is 14.7 Å². The smallest absolute Gasteiger partial charge is 0.319 e. The maximum absolute atomic E-state index is 11.9. The molecule has 1 aliphatic rings. The van der Waals surface area contributed by atoms with Crippen LogP contribution in [0.4, 0.5) is 10.5 Å². The molecule has 0 unspecified atom stereocenters. The highest BCUT2D eigenvalue weighted by Crippen LogP contribution is 2.31. The molecule has 0 heterocycles. The fourth-order valence-corrected chi connectivity index (χ4v) is 2.36. The molecule has 1 aliphatic carbocycles. The zero-order chi connectivity index (χ0) is 15.7. The van der Waals surface area contributed by atoms with Gasteiger partial charge < -0.3 is 15.7 Å². The second-order valence-corrected chi connectivity index (χ2v) is 6.50. The van der Waals surface area contributed by atoms with E-state index in [1.165, 1.54) is 0 Å². The minimum Gasteiger partial charge on any atom is -0.481 e. The maximum atomic E-state index is 11.9. The van der Waals surface area contributed by atoms with Crippen LogP contribution in [0.3, 0.4) is 0 Å². The summed E-state index contributed by atoms with van der Waals surface area (Å²) in [6.45, 7) is 5.35. The molecule has 1 aromatic rings. The number of rotatable bonds is 4. The van der Waals surface area contributed by atoms with Crippen LogP contribution in [0.25, 0.3) is 0 Å². The number of carboxylic acid groups (broad SMARTS) is 1. The van der Waals surface area contributed by atoms with Crippen LogP contribution in [0.2, 0.25) is 0 Å². The second kappa shape index (κ2) is 5.39. The Morgan fingerprint density at radius 2 is 1.76 bits per heavy atom. The monoisotopic (exact) mass is 290 g/mol. The van der Waals surface area contributed by atoms with Crippen LogP contribution in [0, 0.1) is 0 Å². The summed E-state index contributed by atoms with van der Waals surface area (Å²) in [5.41, 5.74) is 0.322. The molecule has 114 valence electrons. The van der Waals surface area contributed by atoms with Gasteiger partial charge in [-0.3, -0.25) is 4.79 Å². The van der Waals surface area contributed by atoms with Crippen molar-refractivity contribution in [3.8, 4) is 0 Å². The van der Waals surface area contributed by atoms with E-state index in [1.807, 2.05) is 6.92 Å². The molecule has 1 aromatic carbocycles. The van der Waals surface area contributed by atoms with E-state index in [0.29, 0.717) is 11.3 Å². The minimum absolute atomic E-state index is 0.0880. The topological polar surface area (TPSA) is 78.4 Å². The van der Waals surface area contributed by atoms with Crippen molar-refractivity contribution in [2.45, 2.75) is 51.0 Å². The molecule has 0 atom stereocenters. The van der Waals surface area contributed by atoms with Crippen LogP contribution in [0.15, 0.2) is 24.3 Å². The molecular formula is C16H22N2O3. The van der Waals surface area contributed by atoms with Gasteiger partial charge in [-0.2, -0.15) is 0 Å². The summed E-state index contributed by atoms with van der Waals surface area (Å²) in [6, 6.07) is 6.69. The van der Waals surface area contributed by atoms with Crippen molar-refractivity contribution < 1.29 is 14.7 Å². The van der Waals surface area contributed by atoms with E-state index in [2.05, 4.69) is 10.6 Å². The highest BCUT2D eigenvalue weighted by atomic mass is 16.4. The predicted octanol–water partition coefficient (Wildman–Crippen LogP) is 3.11. The third-order valence-corrected chi connectivity index (χ3v) is 4.27. The Kier molecular flexibility index (Phi) is 3.94. The van der Waals surface area contributed by atoms with Crippen LogP contribution in [0.5, 0.6) is 0 Å². The van der Waals surface area contributed by atoms with Crippen molar-refractivity contribution in [2.24, 2.45) is 0 Å². The van der Waals surface area contributed by atoms with Crippen molar-refractivity contribution in [3.63, 3.8) is 0 Å². The Labute approximate surface area is 124 Å². The van der Waals surface area contributed by atoms with Crippen LogP contribution >= 0.6 is 0 Å². The molecule has 0 aliphatic heterocycles. The predicted molar refractivity (Wildman–Crippen MR) is 81.5 cm³/mol. The molecule has 1 fully saturated rings. The Balaban J connectivity index is 1.99. The minimum atomic E-state index is -0.944. The number of hydrogen-bond acceptors (Lipinski definition) is 2. The summed E-state index contributed by atoms with van der Waals surface area (Å²) in [5, 5.41) is 14.9. The van der Waals surface area contributed by atoms with Gasteiger partial charge in [0, 0.05) is 11.2 Å². The number of carbonyl (C=O) groups excluding carboxylic acids is 1. The number of amides is 2. The Morgan fingerprint density at radius 3 is 2.19 bits per heavy atom. The van der Waals surface area contributed by atoms with Gasteiger partial charge >= 0.3 is 12.0 Å². The molecule has 2 amide bonds. The number of benzene rings is 1. The highest BCUT2D eigenvalue weighted by molar-refractivity contribution is 5.90. The summed E-state index contributed by atoms with van der Waals surface area (Å²) in [6.07, 6.45) is 3.16. The number of carbonyl (C=O) groups is 2. The maximum Gasteiger partial charge on any atom is 0.319 e. The molecule has 0 saturated heterocycles. The molecule has 3 N–H and O–H groups in total. The number of aliphatic carboxylic acids is 1. The van der Waals surface area contributed by atoms with Gasteiger partial charge in [-0.25, -0.2) is 4.79 Å². The molecule has 0 bridgehead atoms. The largest absolute Gasteiger partial charge is 0.481 e. The zero-order valence-corrected chi connectivity index (χ0v) is 12.7.